The smallest absolute Gasteiger partial charge is 0.252 e. The first-order valence-electron chi connectivity index (χ1n) is 9.94. The lowest BCUT2D eigenvalue weighted by atomic mass is 9.98. The lowest BCUT2D eigenvalue weighted by Crippen LogP contribution is -2.32. The van der Waals surface area contributed by atoms with Crippen LogP contribution in [-0.4, -0.2) is 20.4 Å². The Labute approximate surface area is 178 Å². The van der Waals surface area contributed by atoms with Gasteiger partial charge in [0.25, 0.3) is 5.91 Å². The van der Waals surface area contributed by atoms with E-state index in [2.05, 4.69) is 10.0 Å². The van der Waals surface area contributed by atoms with Crippen molar-refractivity contribution in [2.75, 3.05) is 0 Å². The third kappa shape index (κ3) is 5.34. The van der Waals surface area contributed by atoms with Gasteiger partial charge in [-0.2, -0.15) is 0 Å². The Kier molecular flexibility index (Phi) is 7.03. The Morgan fingerprint density at radius 2 is 1.33 bits per heavy atom. The fourth-order valence-corrected chi connectivity index (χ4v) is 4.39. The van der Waals surface area contributed by atoms with Gasteiger partial charge in [0.1, 0.15) is 0 Å². The van der Waals surface area contributed by atoms with Crippen molar-refractivity contribution in [2.45, 2.75) is 37.2 Å². The molecular weight excluding hydrogens is 396 g/mol. The molecule has 3 aromatic carbocycles. The van der Waals surface area contributed by atoms with Crippen LogP contribution in [0.4, 0.5) is 0 Å². The van der Waals surface area contributed by atoms with Crippen LogP contribution in [0.3, 0.4) is 0 Å². The number of carbonyl (C=O) groups excluding carboxylic acids is 1. The van der Waals surface area contributed by atoms with Crippen molar-refractivity contribution in [2.24, 2.45) is 0 Å². The topological polar surface area (TPSA) is 75.3 Å². The maximum absolute atomic E-state index is 12.9. The number of hydrogen-bond donors (Lipinski definition) is 2. The van der Waals surface area contributed by atoms with Crippen LogP contribution in [0.5, 0.6) is 0 Å². The fraction of sp³-hybridized carbons (Fsp3) is 0.208. The molecule has 0 heterocycles. The summed E-state index contributed by atoms with van der Waals surface area (Å²) in [6.45, 7) is 3.73. The first-order valence-corrected chi connectivity index (χ1v) is 11.4. The van der Waals surface area contributed by atoms with Crippen LogP contribution < -0.4 is 10.0 Å². The molecule has 0 saturated heterocycles. The lowest BCUT2D eigenvalue weighted by Gasteiger charge is -2.20. The van der Waals surface area contributed by atoms with Gasteiger partial charge in [0.05, 0.1) is 10.9 Å². The van der Waals surface area contributed by atoms with Gasteiger partial charge < -0.3 is 5.32 Å². The van der Waals surface area contributed by atoms with E-state index in [1.807, 2.05) is 74.5 Å². The molecule has 2 N–H and O–H groups in total. The SMILES string of the molecule is CCC(C)NS(=O)(=O)c1ccc(C(=O)NC(c2ccccc2)c2ccccc2)cc1. The molecule has 1 unspecified atom stereocenters. The van der Waals surface area contributed by atoms with E-state index >= 15 is 0 Å². The molecule has 6 heteroatoms. The maximum atomic E-state index is 12.9. The second kappa shape index (κ2) is 9.69. The maximum Gasteiger partial charge on any atom is 0.252 e. The molecule has 156 valence electrons. The van der Waals surface area contributed by atoms with Crippen LogP contribution in [-0.2, 0) is 10.0 Å². The normalized spacial score (nSPS) is 12.5. The Morgan fingerprint density at radius 3 is 1.80 bits per heavy atom. The largest absolute Gasteiger partial charge is 0.341 e. The molecule has 0 bridgehead atoms. The van der Waals surface area contributed by atoms with Crippen LogP contribution in [0, 0.1) is 0 Å². The standard InChI is InChI=1S/C24H26N2O3S/c1-3-18(2)26-30(28,29)22-16-14-21(15-17-22)24(27)25-23(19-10-6-4-7-11-19)20-12-8-5-9-13-20/h4-18,23,26H,3H2,1-2H3,(H,25,27). The summed E-state index contributed by atoms with van der Waals surface area (Å²) in [4.78, 5) is 13.1. The van der Waals surface area contributed by atoms with E-state index in [1.165, 1.54) is 24.3 Å². The third-order valence-electron chi connectivity index (χ3n) is 4.94. The second-order valence-electron chi connectivity index (χ2n) is 7.18. The van der Waals surface area contributed by atoms with Gasteiger partial charge in [-0.3, -0.25) is 4.79 Å². The molecule has 1 amide bonds. The quantitative estimate of drug-likeness (QED) is 0.569. The van der Waals surface area contributed by atoms with Gasteiger partial charge in [0, 0.05) is 11.6 Å². The summed E-state index contributed by atoms with van der Waals surface area (Å²) in [6.07, 6.45) is 0.695. The van der Waals surface area contributed by atoms with E-state index in [9.17, 15) is 13.2 Å². The van der Waals surface area contributed by atoms with Gasteiger partial charge in [-0.25, -0.2) is 13.1 Å². The molecule has 0 aliphatic carbocycles. The summed E-state index contributed by atoms with van der Waals surface area (Å²) in [5.41, 5.74) is 2.33. The van der Waals surface area contributed by atoms with Gasteiger partial charge in [0.15, 0.2) is 0 Å². The number of amides is 1. The minimum Gasteiger partial charge on any atom is -0.341 e. The van der Waals surface area contributed by atoms with Crippen molar-refractivity contribution in [1.29, 1.82) is 0 Å². The highest BCUT2D eigenvalue weighted by Gasteiger charge is 2.20. The highest BCUT2D eigenvalue weighted by molar-refractivity contribution is 7.89. The summed E-state index contributed by atoms with van der Waals surface area (Å²) < 4.78 is 27.5. The second-order valence-corrected chi connectivity index (χ2v) is 8.90. The first kappa shape index (κ1) is 21.7. The Bertz CT molecular complexity index is 1030. The minimum absolute atomic E-state index is 0.141. The summed E-state index contributed by atoms with van der Waals surface area (Å²) >= 11 is 0. The van der Waals surface area contributed by atoms with Gasteiger partial charge in [-0.05, 0) is 48.7 Å². The van der Waals surface area contributed by atoms with Gasteiger partial charge in [-0.15, -0.1) is 0 Å². The summed E-state index contributed by atoms with van der Waals surface area (Å²) in [7, 11) is -3.60. The summed E-state index contributed by atoms with van der Waals surface area (Å²) in [5, 5.41) is 3.06. The molecule has 0 radical (unpaired) electrons. The molecule has 0 aromatic heterocycles. The van der Waals surface area contributed by atoms with Gasteiger partial charge in [0.2, 0.25) is 10.0 Å². The minimum atomic E-state index is -3.60. The van der Waals surface area contributed by atoms with Gasteiger partial charge >= 0.3 is 0 Å². The Morgan fingerprint density at radius 1 is 0.833 bits per heavy atom. The zero-order valence-electron chi connectivity index (χ0n) is 17.1. The molecule has 0 saturated carbocycles. The molecule has 3 aromatic rings. The summed E-state index contributed by atoms with van der Waals surface area (Å²) in [6, 6.07) is 25.0. The average Bonchev–Trinajstić information content (AvgIpc) is 2.78. The van der Waals surface area contributed by atoms with E-state index in [4.69, 9.17) is 0 Å². The number of sulfonamides is 1. The molecule has 3 rings (SSSR count). The van der Waals surface area contributed by atoms with Crippen molar-refractivity contribution >= 4 is 15.9 Å². The number of rotatable bonds is 8. The molecule has 0 aliphatic rings. The van der Waals surface area contributed by atoms with E-state index in [-0.39, 0.29) is 22.9 Å². The molecular formula is C24H26N2O3S. The Balaban J connectivity index is 1.81. The predicted octanol–water partition coefficient (Wildman–Crippen LogP) is 4.28. The number of carbonyl (C=O) groups is 1. The monoisotopic (exact) mass is 422 g/mol. The lowest BCUT2D eigenvalue weighted by molar-refractivity contribution is 0.0943. The molecule has 30 heavy (non-hydrogen) atoms. The molecule has 0 aliphatic heterocycles. The van der Waals surface area contributed by atoms with E-state index in [0.29, 0.717) is 12.0 Å². The number of hydrogen-bond acceptors (Lipinski definition) is 3. The molecule has 0 spiro atoms. The zero-order chi connectivity index (χ0) is 21.6. The van der Waals surface area contributed by atoms with Crippen LogP contribution in [0.15, 0.2) is 89.8 Å². The molecule has 5 nitrogen and oxygen atoms in total. The van der Waals surface area contributed by atoms with Crippen molar-refractivity contribution in [3.63, 3.8) is 0 Å². The van der Waals surface area contributed by atoms with E-state index < -0.39 is 10.0 Å². The van der Waals surface area contributed by atoms with Crippen LogP contribution in [0.2, 0.25) is 0 Å². The Hall–Kier alpha value is -2.96. The van der Waals surface area contributed by atoms with Crippen LogP contribution >= 0.6 is 0 Å². The fourth-order valence-electron chi connectivity index (χ4n) is 3.07. The van der Waals surface area contributed by atoms with Crippen molar-refractivity contribution in [1.82, 2.24) is 10.0 Å². The van der Waals surface area contributed by atoms with Crippen molar-refractivity contribution < 1.29 is 13.2 Å². The summed E-state index contributed by atoms with van der Waals surface area (Å²) in [5.74, 6) is -0.272. The van der Waals surface area contributed by atoms with Gasteiger partial charge in [-0.1, -0.05) is 67.6 Å². The molecule has 1 atom stereocenters. The number of nitrogens with one attached hydrogen (secondary N) is 2. The first-order chi connectivity index (χ1) is 14.4. The van der Waals surface area contributed by atoms with Crippen molar-refractivity contribution in [3.8, 4) is 0 Å². The third-order valence-corrected chi connectivity index (χ3v) is 6.54. The zero-order valence-corrected chi connectivity index (χ0v) is 17.9. The van der Waals surface area contributed by atoms with Crippen molar-refractivity contribution in [3.05, 3.63) is 102 Å². The van der Waals surface area contributed by atoms with E-state index in [0.717, 1.165) is 11.1 Å². The van der Waals surface area contributed by atoms with Crippen LogP contribution in [0.1, 0.15) is 47.8 Å². The number of benzene rings is 3. The van der Waals surface area contributed by atoms with Crippen LogP contribution in [0.25, 0.3) is 0 Å². The molecule has 0 fully saturated rings. The highest BCUT2D eigenvalue weighted by Crippen LogP contribution is 2.22. The van der Waals surface area contributed by atoms with E-state index in [1.54, 1.807) is 0 Å². The average molecular weight is 423 g/mol. The highest BCUT2D eigenvalue weighted by atomic mass is 32.2. The predicted molar refractivity (Wildman–Crippen MR) is 119 cm³/mol.